The molecule has 0 aliphatic rings. The van der Waals surface area contributed by atoms with E-state index in [0.29, 0.717) is 24.5 Å². The molecular weight excluding hydrogens is 312 g/mol. The number of benzene rings is 2. The van der Waals surface area contributed by atoms with Crippen molar-refractivity contribution in [2.45, 2.75) is 19.9 Å². The largest absolute Gasteiger partial charge is 0.497 e. The van der Waals surface area contributed by atoms with Crippen LogP contribution >= 0.6 is 11.6 Å². The number of carbonyl (C=O) groups excluding carboxylic acids is 1. The first kappa shape index (κ1) is 17.2. The lowest BCUT2D eigenvalue weighted by molar-refractivity contribution is -0.121. The zero-order valence-electron chi connectivity index (χ0n) is 13.4. The molecule has 0 saturated heterocycles. The Morgan fingerprint density at radius 2 is 1.91 bits per heavy atom. The minimum absolute atomic E-state index is 0.00741. The maximum atomic E-state index is 11.9. The Balaban J connectivity index is 1.73. The van der Waals surface area contributed by atoms with Gasteiger partial charge in [-0.25, -0.2) is 0 Å². The number of carbonyl (C=O) groups is 1. The molecule has 0 aliphatic carbocycles. The zero-order chi connectivity index (χ0) is 16.7. The monoisotopic (exact) mass is 332 g/mol. The van der Waals surface area contributed by atoms with Crippen molar-refractivity contribution in [3.05, 3.63) is 58.6 Å². The standard InChI is InChI=1S/C18H21ClN2O2/c1-13-3-6-15(19)11-17(13)20-10-9-18(22)21-12-14-4-7-16(23-2)8-5-14/h3-8,11,20H,9-10,12H2,1-2H3,(H,21,22). The summed E-state index contributed by atoms with van der Waals surface area (Å²) in [5.74, 6) is 0.814. The van der Waals surface area contributed by atoms with Crippen LogP contribution in [0, 0.1) is 6.92 Å². The maximum Gasteiger partial charge on any atom is 0.222 e. The van der Waals surface area contributed by atoms with E-state index in [4.69, 9.17) is 16.3 Å². The first-order valence-electron chi connectivity index (χ1n) is 7.48. The SMILES string of the molecule is COc1ccc(CNC(=O)CCNc2cc(Cl)ccc2C)cc1. The second kappa shape index (κ2) is 8.44. The fourth-order valence-corrected chi connectivity index (χ4v) is 2.30. The topological polar surface area (TPSA) is 50.4 Å². The van der Waals surface area contributed by atoms with Gasteiger partial charge >= 0.3 is 0 Å². The predicted octanol–water partition coefficient (Wildman–Crippen LogP) is 3.78. The summed E-state index contributed by atoms with van der Waals surface area (Å²) in [7, 11) is 1.63. The van der Waals surface area contributed by atoms with Crippen molar-refractivity contribution in [2.24, 2.45) is 0 Å². The highest BCUT2D eigenvalue weighted by Crippen LogP contribution is 2.19. The lowest BCUT2D eigenvalue weighted by Gasteiger charge is -2.10. The molecule has 0 bridgehead atoms. The number of methoxy groups -OCH3 is 1. The van der Waals surface area contributed by atoms with Crippen LogP contribution in [0.2, 0.25) is 5.02 Å². The number of rotatable bonds is 7. The molecular formula is C18H21ClN2O2. The lowest BCUT2D eigenvalue weighted by Crippen LogP contribution is -2.24. The van der Waals surface area contributed by atoms with Gasteiger partial charge in [-0.2, -0.15) is 0 Å². The molecule has 2 aromatic carbocycles. The number of amides is 1. The van der Waals surface area contributed by atoms with Crippen molar-refractivity contribution in [1.29, 1.82) is 0 Å². The zero-order valence-corrected chi connectivity index (χ0v) is 14.1. The summed E-state index contributed by atoms with van der Waals surface area (Å²) < 4.78 is 5.10. The van der Waals surface area contributed by atoms with Gasteiger partial charge in [-0.1, -0.05) is 29.8 Å². The Morgan fingerprint density at radius 3 is 2.61 bits per heavy atom. The van der Waals surface area contributed by atoms with Crippen molar-refractivity contribution >= 4 is 23.2 Å². The molecule has 2 N–H and O–H groups in total. The molecule has 5 heteroatoms. The third kappa shape index (κ3) is 5.49. The van der Waals surface area contributed by atoms with E-state index in [-0.39, 0.29) is 5.91 Å². The van der Waals surface area contributed by atoms with Crippen LogP contribution in [0.4, 0.5) is 5.69 Å². The first-order chi connectivity index (χ1) is 11.1. The summed E-state index contributed by atoms with van der Waals surface area (Å²) in [5.41, 5.74) is 3.10. The van der Waals surface area contributed by atoms with Gasteiger partial charge in [-0.15, -0.1) is 0 Å². The van der Waals surface area contributed by atoms with E-state index < -0.39 is 0 Å². The van der Waals surface area contributed by atoms with Crippen LogP contribution in [-0.2, 0) is 11.3 Å². The smallest absolute Gasteiger partial charge is 0.222 e. The van der Waals surface area contributed by atoms with Crippen molar-refractivity contribution in [2.75, 3.05) is 19.0 Å². The molecule has 0 spiro atoms. The van der Waals surface area contributed by atoms with Crippen LogP contribution in [0.3, 0.4) is 0 Å². The fourth-order valence-electron chi connectivity index (χ4n) is 2.13. The molecule has 0 atom stereocenters. The average molecular weight is 333 g/mol. The summed E-state index contributed by atoms with van der Waals surface area (Å²) in [6.07, 6.45) is 0.405. The van der Waals surface area contributed by atoms with E-state index in [9.17, 15) is 4.79 Å². The van der Waals surface area contributed by atoms with E-state index in [0.717, 1.165) is 22.6 Å². The molecule has 4 nitrogen and oxygen atoms in total. The van der Waals surface area contributed by atoms with Crippen LogP contribution in [0.25, 0.3) is 0 Å². The van der Waals surface area contributed by atoms with E-state index in [1.54, 1.807) is 7.11 Å². The number of aryl methyl sites for hydroxylation is 1. The molecule has 0 heterocycles. The van der Waals surface area contributed by atoms with Gasteiger partial charge in [0.1, 0.15) is 5.75 Å². The van der Waals surface area contributed by atoms with E-state index in [1.165, 1.54) is 0 Å². The van der Waals surface area contributed by atoms with Crippen LogP contribution in [0.1, 0.15) is 17.5 Å². The normalized spacial score (nSPS) is 10.2. The minimum Gasteiger partial charge on any atom is -0.497 e. The maximum absolute atomic E-state index is 11.9. The van der Waals surface area contributed by atoms with Gasteiger partial charge < -0.3 is 15.4 Å². The summed E-state index contributed by atoms with van der Waals surface area (Å²) in [6.45, 7) is 3.08. The number of halogens is 1. The first-order valence-corrected chi connectivity index (χ1v) is 7.86. The minimum atomic E-state index is 0.00741. The molecule has 1 amide bonds. The van der Waals surface area contributed by atoms with Crippen molar-refractivity contribution in [3.63, 3.8) is 0 Å². The third-order valence-electron chi connectivity index (χ3n) is 3.52. The highest BCUT2D eigenvalue weighted by molar-refractivity contribution is 6.30. The van der Waals surface area contributed by atoms with E-state index in [1.807, 2.05) is 49.4 Å². The number of hydrogen-bond donors (Lipinski definition) is 2. The molecule has 2 aromatic rings. The Kier molecular flexibility index (Phi) is 6.29. The molecule has 2 rings (SSSR count). The van der Waals surface area contributed by atoms with Crippen LogP contribution in [0.5, 0.6) is 5.75 Å². The molecule has 122 valence electrons. The van der Waals surface area contributed by atoms with Gasteiger partial charge in [0.05, 0.1) is 7.11 Å². The third-order valence-corrected chi connectivity index (χ3v) is 3.75. The van der Waals surface area contributed by atoms with Gasteiger partial charge in [0.15, 0.2) is 0 Å². The highest BCUT2D eigenvalue weighted by Gasteiger charge is 2.03. The van der Waals surface area contributed by atoms with Gasteiger partial charge in [-0.05, 0) is 42.3 Å². The van der Waals surface area contributed by atoms with Crippen LogP contribution in [0.15, 0.2) is 42.5 Å². The fraction of sp³-hybridized carbons (Fsp3) is 0.278. The number of anilines is 1. The summed E-state index contributed by atoms with van der Waals surface area (Å²) in [4.78, 5) is 11.9. The Morgan fingerprint density at radius 1 is 1.17 bits per heavy atom. The van der Waals surface area contributed by atoms with Gasteiger partial charge in [0, 0.05) is 30.2 Å². The molecule has 23 heavy (non-hydrogen) atoms. The lowest BCUT2D eigenvalue weighted by atomic mass is 10.2. The molecule has 0 aliphatic heterocycles. The van der Waals surface area contributed by atoms with E-state index in [2.05, 4.69) is 10.6 Å². The molecule has 0 unspecified atom stereocenters. The number of nitrogens with one attached hydrogen (secondary N) is 2. The molecule has 0 fully saturated rings. The van der Waals surface area contributed by atoms with Crippen LogP contribution < -0.4 is 15.4 Å². The predicted molar refractivity (Wildman–Crippen MR) is 94.1 cm³/mol. The summed E-state index contributed by atoms with van der Waals surface area (Å²) in [6, 6.07) is 13.3. The average Bonchev–Trinajstić information content (AvgIpc) is 2.56. The van der Waals surface area contributed by atoms with Gasteiger partial charge in [0.25, 0.3) is 0 Å². The van der Waals surface area contributed by atoms with Crippen molar-refractivity contribution in [3.8, 4) is 5.75 Å². The Bertz CT molecular complexity index is 657. The molecule has 0 aromatic heterocycles. The Labute approximate surface area is 141 Å². The van der Waals surface area contributed by atoms with Crippen LogP contribution in [-0.4, -0.2) is 19.6 Å². The quantitative estimate of drug-likeness (QED) is 0.811. The summed E-state index contributed by atoms with van der Waals surface area (Å²) >= 11 is 5.97. The highest BCUT2D eigenvalue weighted by atomic mass is 35.5. The number of ether oxygens (including phenoxy) is 1. The second-order valence-corrected chi connectivity index (χ2v) is 5.70. The summed E-state index contributed by atoms with van der Waals surface area (Å²) in [5, 5.41) is 6.82. The Hall–Kier alpha value is -2.20. The van der Waals surface area contributed by atoms with Crippen molar-refractivity contribution < 1.29 is 9.53 Å². The number of hydrogen-bond acceptors (Lipinski definition) is 3. The van der Waals surface area contributed by atoms with Crippen molar-refractivity contribution in [1.82, 2.24) is 5.32 Å². The molecule has 0 radical (unpaired) electrons. The van der Waals surface area contributed by atoms with Gasteiger partial charge in [0.2, 0.25) is 5.91 Å². The second-order valence-electron chi connectivity index (χ2n) is 5.26. The molecule has 0 saturated carbocycles. The van der Waals surface area contributed by atoms with Gasteiger partial charge in [-0.3, -0.25) is 4.79 Å². The van der Waals surface area contributed by atoms with E-state index >= 15 is 0 Å².